The Morgan fingerprint density at radius 3 is 2.64 bits per heavy atom. The number of nitrogens with zero attached hydrogens (tertiary/aromatic N) is 1. The highest BCUT2D eigenvalue weighted by atomic mass is 35.5. The predicted octanol–water partition coefficient (Wildman–Crippen LogP) is 4.27. The average molecular weight is 420 g/mol. The lowest BCUT2D eigenvalue weighted by atomic mass is 10.1. The fraction of sp³-hybridized carbons (Fsp3) is 0.333. The summed E-state index contributed by atoms with van der Waals surface area (Å²) < 4.78 is 0. The standard InChI is InChI=1S/C21H23Cl2N3O2/c1-14(15-6-3-2-4-7-15)24-20(27)13-26-11-5-8-19(26)21(28)25-18-10-9-16(22)12-17(18)23/h2-4,6-7,9-10,12,14,19H,5,8,11,13H2,1H3,(H,24,27)(H,25,28)/t14-,19+/m1/s1. The molecule has 3 rings (SSSR count). The van der Waals surface area contributed by atoms with E-state index in [4.69, 9.17) is 23.2 Å². The summed E-state index contributed by atoms with van der Waals surface area (Å²) in [6.45, 7) is 2.84. The van der Waals surface area contributed by atoms with E-state index in [1.54, 1.807) is 18.2 Å². The molecule has 2 aromatic carbocycles. The summed E-state index contributed by atoms with van der Waals surface area (Å²) in [6.07, 6.45) is 1.58. The zero-order valence-corrected chi connectivity index (χ0v) is 17.1. The molecule has 148 valence electrons. The van der Waals surface area contributed by atoms with E-state index in [-0.39, 0.29) is 30.4 Å². The first-order valence-corrected chi connectivity index (χ1v) is 10.0. The van der Waals surface area contributed by atoms with Crippen LogP contribution in [0.2, 0.25) is 10.0 Å². The van der Waals surface area contributed by atoms with Crippen molar-refractivity contribution < 1.29 is 9.59 Å². The van der Waals surface area contributed by atoms with Gasteiger partial charge in [-0.25, -0.2) is 0 Å². The maximum Gasteiger partial charge on any atom is 0.241 e. The number of carbonyl (C=O) groups is 2. The van der Waals surface area contributed by atoms with Crippen LogP contribution in [0.15, 0.2) is 48.5 Å². The molecule has 0 spiro atoms. The van der Waals surface area contributed by atoms with E-state index in [1.165, 1.54) is 0 Å². The maximum atomic E-state index is 12.7. The van der Waals surface area contributed by atoms with Crippen molar-refractivity contribution in [2.45, 2.75) is 31.8 Å². The lowest BCUT2D eigenvalue weighted by Gasteiger charge is -2.24. The third-order valence-corrected chi connectivity index (χ3v) is 5.43. The molecular weight excluding hydrogens is 397 g/mol. The van der Waals surface area contributed by atoms with Crippen LogP contribution in [-0.2, 0) is 9.59 Å². The third-order valence-electron chi connectivity index (χ3n) is 4.88. The monoisotopic (exact) mass is 419 g/mol. The number of nitrogens with one attached hydrogen (secondary N) is 2. The number of rotatable bonds is 6. The van der Waals surface area contributed by atoms with Gasteiger partial charge in [0.1, 0.15) is 0 Å². The Kier molecular flexibility index (Phi) is 6.94. The Morgan fingerprint density at radius 2 is 1.93 bits per heavy atom. The van der Waals surface area contributed by atoms with Crippen molar-refractivity contribution in [1.29, 1.82) is 0 Å². The molecule has 0 unspecified atom stereocenters. The number of benzene rings is 2. The molecule has 5 nitrogen and oxygen atoms in total. The van der Waals surface area contributed by atoms with Crippen LogP contribution in [0.25, 0.3) is 0 Å². The van der Waals surface area contributed by atoms with Crippen LogP contribution in [0.3, 0.4) is 0 Å². The molecule has 2 aromatic rings. The van der Waals surface area contributed by atoms with Crippen molar-refractivity contribution in [3.05, 3.63) is 64.1 Å². The second kappa shape index (κ2) is 9.41. The minimum absolute atomic E-state index is 0.0866. The van der Waals surface area contributed by atoms with Crippen LogP contribution in [0.1, 0.15) is 31.4 Å². The number of hydrogen-bond acceptors (Lipinski definition) is 3. The predicted molar refractivity (Wildman–Crippen MR) is 113 cm³/mol. The van der Waals surface area contributed by atoms with Gasteiger partial charge in [-0.05, 0) is 50.1 Å². The molecule has 1 aliphatic heterocycles. The van der Waals surface area contributed by atoms with Crippen molar-refractivity contribution in [3.63, 3.8) is 0 Å². The van der Waals surface area contributed by atoms with Gasteiger partial charge in [-0.2, -0.15) is 0 Å². The second-order valence-corrected chi connectivity index (χ2v) is 7.79. The molecule has 28 heavy (non-hydrogen) atoms. The van der Waals surface area contributed by atoms with E-state index in [2.05, 4.69) is 10.6 Å². The fourth-order valence-electron chi connectivity index (χ4n) is 3.42. The SMILES string of the molecule is C[C@@H](NC(=O)CN1CCC[C@H]1C(=O)Nc1ccc(Cl)cc1Cl)c1ccccc1. The van der Waals surface area contributed by atoms with Crippen molar-refractivity contribution in [3.8, 4) is 0 Å². The molecule has 7 heteroatoms. The Balaban J connectivity index is 1.57. The summed E-state index contributed by atoms with van der Waals surface area (Å²) in [6, 6.07) is 14.3. The highest BCUT2D eigenvalue weighted by Crippen LogP contribution is 2.27. The number of halogens is 2. The second-order valence-electron chi connectivity index (χ2n) is 6.94. The summed E-state index contributed by atoms with van der Waals surface area (Å²) in [4.78, 5) is 27.1. The van der Waals surface area contributed by atoms with Crippen molar-refractivity contribution in [2.24, 2.45) is 0 Å². The smallest absolute Gasteiger partial charge is 0.241 e. The number of likely N-dealkylation sites (tertiary alicyclic amines) is 1. The van der Waals surface area contributed by atoms with E-state index >= 15 is 0 Å². The van der Waals surface area contributed by atoms with Gasteiger partial charge >= 0.3 is 0 Å². The normalized spacial score (nSPS) is 17.9. The first-order chi connectivity index (χ1) is 13.4. The molecule has 0 bridgehead atoms. The molecule has 0 aromatic heterocycles. The zero-order valence-electron chi connectivity index (χ0n) is 15.6. The molecule has 2 atom stereocenters. The Morgan fingerprint density at radius 1 is 1.18 bits per heavy atom. The van der Waals surface area contributed by atoms with Crippen LogP contribution in [0.5, 0.6) is 0 Å². The summed E-state index contributed by atoms with van der Waals surface area (Å²) in [5.74, 6) is -0.258. The summed E-state index contributed by atoms with van der Waals surface area (Å²) in [5, 5.41) is 6.74. The van der Waals surface area contributed by atoms with E-state index < -0.39 is 0 Å². The first kappa shape index (κ1) is 20.6. The topological polar surface area (TPSA) is 61.4 Å². The van der Waals surface area contributed by atoms with Crippen LogP contribution in [0.4, 0.5) is 5.69 Å². The molecule has 0 saturated carbocycles. The van der Waals surface area contributed by atoms with Crippen molar-refractivity contribution in [1.82, 2.24) is 10.2 Å². The molecule has 2 N–H and O–H groups in total. The number of carbonyl (C=O) groups excluding carboxylic acids is 2. The molecule has 0 radical (unpaired) electrons. The lowest BCUT2D eigenvalue weighted by Crippen LogP contribution is -2.45. The third kappa shape index (κ3) is 5.25. The van der Waals surface area contributed by atoms with Gasteiger partial charge in [-0.3, -0.25) is 14.5 Å². The van der Waals surface area contributed by atoms with Gasteiger partial charge in [0.25, 0.3) is 0 Å². The van der Waals surface area contributed by atoms with Crippen LogP contribution in [-0.4, -0.2) is 35.8 Å². The molecule has 1 aliphatic rings. The molecule has 0 aliphatic carbocycles. The molecule has 1 heterocycles. The van der Waals surface area contributed by atoms with Gasteiger partial charge in [-0.1, -0.05) is 53.5 Å². The molecular formula is C21H23Cl2N3O2. The Hall–Kier alpha value is -2.08. The summed E-state index contributed by atoms with van der Waals surface area (Å²) in [7, 11) is 0. The average Bonchev–Trinajstić information content (AvgIpc) is 3.12. The van der Waals surface area contributed by atoms with Gasteiger partial charge in [0.2, 0.25) is 11.8 Å². The minimum Gasteiger partial charge on any atom is -0.348 e. The molecule has 2 amide bonds. The molecule has 1 saturated heterocycles. The van der Waals surface area contributed by atoms with Crippen molar-refractivity contribution in [2.75, 3.05) is 18.4 Å². The maximum absolute atomic E-state index is 12.7. The first-order valence-electron chi connectivity index (χ1n) is 9.28. The van der Waals surface area contributed by atoms with E-state index in [1.807, 2.05) is 42.2 Å². The van der Waals surface area contributed by atoms with Gasteiger partial charge in [0.15, 0.2) is 0 Å². The summed E-state index contributed by atoms with van der Waals surface area (Å²) >= 11 is 12.0. The lowest BCUT2D eigenvalue weighted by molar-refractivity contribution is -0.125. The van der Waals surface area contributed by atoms with Crippen LogP contribution in [0, 0.1) is 0 Å². The van der Waals surface area contributed by atoms with E-state index in [0.29, 0.717) is 28.7 Å². The quantitative estimate of drug-likeness (QED) is 0.734. The highest BCUT2D eigenvalue weighted by molar-refractivity contribution is 6.36. The van der Waals surface area contributed by atoms with E-state index in [9.17, 15) is 9.59 Å². The fourth-order valence-corrected chi connectivity index (χ4v) is 3.87. The van der Waals surface area contributed by atoms with Crippen molar-refractivity contribution >= 4 is 40.7 Å². The van der Waals surface area contributed by atoms with Crippen LogP contribution >= 0.6 is 23.2 Å². The van der Waals surface area contributed by atoms with Crippen LogP contribution < -0.4 is 10.6 Å². The number of anilines is 1. The Bertz CT molecular complexity index is 845. The highest BCUT2D eigenvalue weighted by Gasteiger charge is 2.32. The van der Waals surface area contributed by atoms with Gasteiger partial charge in [-0.15, -0.1) is 0 Å². The van der Waals surface area contributed by atoms with Gasteiger partial charge in [0.05, 0.1) is 29.3 Å². The summed E-state index contributed by atoms with van der Waals surface area (Å²) in [5.41, 5.74) is 1.56. The van der Waals surface area contributed by atoms with E-state index in [0.717, 1.165) is 12.0 Å². The number of amides is 2. The zero-order chi connectivity index (χ0) is 20.1. The van der Waals surface area contributed by atoms with Gasteiger partial charge in [0, 0.05) is 5.02 Å². The Labute approximate surface area is 175 Å². The molecule has 1 fully saturated rings. The number of hydrogen-bond donors (Lipinski definition) is 2. The van der Waals surface area contributed by atoms with Gasteiger partial charge < -0.3 is 10.6 Å². The minimum atomic E-state index is -0.357. The largest absolute Gasteiger partial charge is 0.348 e.